The second-order valence-corrected chi connectivity index (χ2v) is 11.2. The van der Waals surface area contributed by atoms with Crippen LogP contribution in [0.15, 0.2) is 78.9 Å². The van der Waals surface area contributed by atoms with Crippen LogP contribution in [0.5, 0.6) is 0 Å². The van der Waals surface area contributed by atoms with E-state index in [0.29, 0.717) is 17.2 Å². The van der Waals surface area contributed by atoms with E-state index in [2.05, 4.69) is 5.32 Å². The van der Waals surface area contributed by atoms with E-state index in [9.17, 15) is 19.7 Å². The largest absolute Gasteiger partial charge is 0.352 e. The minimum atomic E-state index is -0.670. The normalized spacial score (nSPS) is 14.1. The van der Waals surface area contributed by atoms with Crippen molar-refractivity contribution in [2.24, 2.45) is 0 Å². The highest BCUT2D eigenvalue weighted by atomic mass is 35.5. The second kappa shape index (κ2) is 14.1. The van der Waals surface area contributed by atoms with Gasteiger partial charge in [0, 0.05) is 41.9 Å². The van der Waals surface area contributed by atoms with E-state index >= 15 is 0 Å². The Bertz CT molecular complexity index is 1250. The van der Waals surface area contributed by atoms with Gasteiger partial charge in [0.15, 0.2) is 0 Å². The summed E-state index contributed by atoms with van der Waals surface area (Å²) < 4.78 is 0. The molecule has 1 aliphatic carbocycles. The first kappa shape index (κ1) is 28.6. The van der Waals surface area contributed by atoms with Gasteiger partial charge in [-0.25, -0.2) is 0 Å². The molecule has 0 spiro atoms. The third-order valence-electron chi connectivity index (χ3n) is 6.88. The van der Waals surface area contributed by atoms with E-state index in [0.717, 1.165) is 42.4 Å². The first-order valence-corrected chi connectivity index (χ1v) is 14.6. The SMILES string of the molecule is O=C(NC1CCCC1)[C@H](Cc1ccccc1)N(Cc1ccc(Cl)cc1)C(=O)CSCc1ccc([N+](=O)[O-])cc1. The highest BCUT2D eigenvalue weighted by molar-refractivity contribution is 7.99. The Morgan fingerprint density at radius 2 is 1.59 bits per heavy atom. The predicted molar refractivity (Wildman–Crippen MR) is 156 cm³/mol. The summed E-state index contributed by atoms with van der Waals surface area (Å²) >= 11 is 7.52. The monoisotopic (exact) mass is 565 g/mol. The van der Waals surface area contributed by atoms with Crippen LogP contribution in [-0.4, -0.2) is 39.5 Å². The average Bonchev–Trinajstić information content (AvgIpc) is 3.45. The molecule has 3 aromatic carbocycles. The number of hydrogen-bond acceptors (Lipinski definition) is 5. The van der Waals surface area contributed by atoms with Crippen LogP contribution < -0.4 is 5.32 Å². The molecule has 1 fully saturated rings. The zero-order chi connectivity index (χ0) is 27.6. The van der Waals surface area contributed by atoms with Gasteiger partial charge in [-0.3, -0.25) is 19.7 Å². The predicted octanol–water partition coefficient (Wildman–Crippen LogP) is 6.18. The molecule has 4 rings (SSSR count). The number of hydrogen-bond donors (Lipinski definition) is 1. The summed E-state index contributed by atoms with van der Waals surface area (Å²) in [4.78, 5) is 39.6. The molecule has 0 unspecified atom stereocenters. The Labute approximate surface area is 238 Å². The summed E-state index contributed by atoms with van der Waals surface area (Å²) in [6.07, 6.45) is 4.52. The molecular weight excluding hydrogens is 534 g/mol. The molecule has 0 bridgehead atoms. The molecule has 2 amide bonds. The first-order valence-electron chi connectivity index (χ1n) is 13.1. The van der Waals surface area contributed by atoms with Crippen LogP contribution in [0.4, 0.5) is 5.69 Å². The summed E-state index contributed by atoms with van der Waals surface area (Å²) in [6.45, 7) is 0.281. The molecular formula is C30H32ClN3O4S. The fourth-order valence-corrected chi connectivity index (χ4v) is 5.76. The van der Waals surface area contributed by atoms with Crippen molar-refractivity contribution in [3.05, 3.63) is 111 Å². The van der Waals surface area contributed by atoms with Gasteiger partial charge in [0.05, 0.1) is 10.7 Å². The maximum atomic E-state index is 13.7. The first-order chi connectivity index (χ1) is 18.9. The molecule has 0 aliphatic heterocycles. The van der Waals surface area contributed by atoms with Crippen molar-refractivity contribution < 1.29 is 14.5 Å². The highest BCUT2D eigenvalue weighted by Gasteiger charge is 2.32. The fourth-order valence-electron chi connectivity index (χ4n) is 4.76. The van der Waals surface area contributed by atoms with E-state index in [4.69, 9.17) is 11.6 Å². The van der Waals surface area contributed by atoms with Crippen LogP contribution >= 0.6 is 23.4 Å². The van der Waals surface area contributed by atoms with E-state index in [1.807, 2.05) is 42.5 Å². The Morgan fingerprint density at radius 3 is 2.23 bits per heavy atom. The summed E-state index contributed by atoms with van der Waals surface area (Å²) in [5, 5.41) is 14.7. The number of non-ortho nitro benzene ring substituents is 1. The van der Waals surface area contributed by atoms with Crippen LogP contribution in [0.25, 0.3) is 0 Å². The minimum Gasteiger partial charge on any atom is -0.352 e. The van der Waals surface area contributed by atoms with Crippen LogP contribution in [0.3, 0.4) is 0 Å². The number of carbonyl (C=O) groups excluding carboxylic acids is 2. The van der Waals surface area contributed by atoms with Crippen LogP contribution in [0, 0.1) is 10.1 Å². The van der Waals surface area contributed by atoms with Crippen molar-refractivity contribution >= 4 is 40.9 Å². The van der Waals surface area contributed by atoms with Gasteiger partial charge < -0.3 is 10.2 Å². The lowest BCUT2D eigenvalue weighted by atomic mass is 10.0. The maximum Gasteiger partial charge on any atom is 0.269 e. The van der Waals surface area contributed by atoms with Crippen molar-refractivity contribution in [2.45, 2.75) is 56.5 Å². The van der Waals surface area contributed by atoms with Gasteiger partial charge in [0.1, 0.15) is 6.04 Å². The quantitative estimate of drug-likeness (QED) is 0.209. The molecule has 0 saturated heterocycles. The van der Waals surface area contributed by atoms with Crippen molar-refractivity contribution in [1.29, 1.82) is 0 Å². The third-order valence-corrected chi connectivity index (χ3v) is 8.12. The zero-order valence-electron chi connectivity index (χ0n) is 21.6. The summed E-state index contributed by atoms with van der Waals surface area (Å²) in [6, 6.07) is 22.9. The molecule has 3 aromatic rings. The molecule has 1 N–H and O–H groups in total. The number of carbonyl (C=O) groups is 2. The van der Waals surface area contributed by atoms with Gasteiger partial charge in [-0.1, -0.05) is 79.0 Å². The Kier molecular flexibility index (Phi) is 10.4. The molecule has 9 heteroatoms. The molecule has 0 radical (unpaired) electrons. The number of thioether (sulfide) groups is 1. The van der Waals surface area contributed by atoms with Crippen molar-refractivity contribution in [3.63, 3.8) is 0 Å². The zero-order valence-corrected chi connectivity index (χ0v) is 23.2. The van der Waals surface area contributed by atoms with E-state index in [-0.39, 0.29) is 35.8 Å². The number of rotatable bonds is 12. The van der Waals surface area contributed by atoms with Gasteiger partial charge in [-0.05, 0) is 41.7 Å². The lowest BCUT2D eigenvalue weighted by Crippen LogP contribution is -2.52. The molecule has 0 aromatic heterocycles. The molecule has 1 aliphatic rings. The standard InChI is InChI=1S/C30H32ClN3O4S/c31-25-14-10-23(11-15-25)19-33(29(35)21-39-20-24-12-16-27(17-13-24)34(37)38)28(18-22-6-2-1-3-7-22)30(36)32-26-8-4-5-9-26/h1-3,6-7,10-17,26,28H,4-5,8-9,18-21H2,(H,32,36)/t28-/m0/s1. The Hall–Kier alpha value is -3.36. The van der Waals surface area contributed by atoms with Gasteiger partial charge in [0.25, 0.3) is 5.69 Å². The molecule has 1 saturated carbocycles. The van der Waals surface area contributed by atoms with Gasteiger partial charge in [0.2, 0.25) is 11.8 Å². The van der Waals surface area contributed by atoms with E-state index < -0.39 is 11.0 Å². The van der Waals surface area contributed by atoms with E-state index in [1.165, 1.54) is 23.9 Å². The van der Waals surface area contributed by atoms with Crippen molar-refractivity contribution in [3.8, 4) is 0 Å². The summed E-state index contributed by atoms with van der Waals surface area (Å²) in [5.41, 5.74) is 2.80. The Balaban J connectivity index is 1.53. The van der Waals surface area contributed by atoms with Crippen LogP contribution in [0.2, 0.25) is 5.02 Å². The molecule has 0 heterocycles. The van der Waals surface area contributed by atoms with Gasteiger partial charge in [-0.15, -0.1) is 11.8 Å². The van der Waals surface area contributed by atoms with Gasteiger partial charge >= 0.3 is 0 Å². The van der Waals surface area contributed by atoms with Crippen LogP contribution in [-0.2, 0) is 28.3 Å². The second-order valence-electron chi connectivity index (χ2n) is 9.76. The van der Waals surface area contributed by atoms with Crippen LogP contribution in [0.1, 0.15) is 42.4 Å². The third kappa shape index (κ3) is 8.57. The highest BCUT2D eigenvalue weighted by Crippen LogP contribution is 2.22. The average molecular weight is 566 g/mol. The number of halogens is 1. The number of nitro groups is 1. The number of benzene rings is 3. The molecule has 1 atom stereocenters. The van der Waals surface area contributed by atoms with Crippen molar-refractivity contribution in [2.75, 3.05) is 5.75 Å². The lowest BCUT2D eigenvalue weighted by molar-refractivity contribution is -0.384. The topological polar surface area (TPSA) is 92.6 Å². The summed E-state index contributed by atoms with van der Waals surface area (Å²) in [5.74, 6) is 0.427. The molecule has 7 nitrogen and oxygen atoms in total. The smallest absolute Gasteiger partial charge is 0.269 e. The van der Waals surface area contributed by atoms with Gasteiger partial charge in [-0.2, -0.15) is 0 Å². The van der Waals surface area contributed by atoms with E-state index in [1.54, 1.807) is 29.2 Å². The molecule has 204 valence electrons. The Morgan fingerprint density at radius 1 is 0.949 bits per heavy atom. The number of nitrogens with one attached hydrogen (secondary N) is 1. The molecule has 39 heavy (non-hydrogen) atoms. The minimum absolute atomic E-state index is 0.0333. The maximum absolute atomic E-state index is 13.7. The van der Waals surface area contributed by atoms with Crippen molar-refractivity contribution in [1.82, 2.24) is 10.2 Å². The fraction of sp³-hybridized carbons (Fsp3) is 0.333. The number of nitrogens with zero attached hydrogens (tertiary/aromatic N) is 2. The number of nitro benzene ring substituents is 1. The lowest BCUT2D eigenvalue weighted by Gasteiger charge is -2.32. The number of amides is 2. The summed E-state index contributed by atoms with van der Waals surface area (Å²) in [7, 11) is 0.